The number of hydrogen-bond acceptors (Lipinski definition) is 5. The third-order valence-electron chi connectivity index (χ3n) is 6.05. The van der Waals surface area contributed by atoms with Crippen LogP contribution in [0.4, 0.5) is 19.0 Å². The molecule has 0 aliphatic carbocycles. The van der Waals surface area contributed by atoms with Crippen LogP contribution >= 0.6 is 0 Å². The van der Waals surface area contributed by atoms with E-state index in [-0.39, 0.29) is 12.2 Å². The van der Waals surface area contributed by atoms with Gasteiger partial charge in [0.1, 0.15) is 6.04 Å². The van der Waals surface area contributed by atoms with E-state index in [9.17, 15) is 13.2 Å². The molecule has 2 aliphatic rings. The number of nitrogens with zero attached hydrogens (tertiary/aromatic N) is 7. The van der Waals surface area contributed by atoms with Crippen molar-refractivity contribution in [3.05, 3.63) is 30.5 Å². The molecule has 2 fully saturated rings. The van der Waals surface area contributed by atoms with Crippen molar-refractivity contribution in [2.24, 2.45) is 0 Å². The molecule has 3 aromatic rings. The number of hydrogen-bond donors (Lipinski definition) is 0. The fraction of sp³-hybridized carbons (Fsp3) is 0.526. The number of halogens is 3. The molecule has 7 nitrogen and oxygen atoms in total. The average Bonchev–Trinajstić information content (AvgIpc) is 3.34. The number of likely N-dealkylation sites (tertiary alicyclic amines) is 1. The van der Waals surface area contributed by atoms with Crippen molar-refractivity contribution in [2.75, 3.05) is 31.6 Å². The molecule has 29 heavy (non-hydrogen) atoms. The zero-order valence-corrected chi connectivity index (χ0v) is 16.3. The lowest BCUT2D eigenvalue weighted by Crippen LogP contribution is -2.56. The largest absolute Gasteiger partial charge is 0.408 e. The van der Waals surface area contributed by atoms with Gasteiger partial charge in [0.25, 0.3) is 0 Å². The van der Waals surface area contributed by atoms with Crippen LogP contribution in [0.1, 0.15) is 24.6 Å². The van der Waals surface area contributed by atoms with E-state index in [1.54, 1.807) is 18.6 Å². The second-order valence-corrected chi connectivity index (χ2v) is 7.94. The van der Waals surface area contributed by atoms with E-state index in [0.717, 1.165) is 30.8 Å². The molecule has 0 spiro atoms. The summed E-state index contributed by atoms with van der Waals surface area (Å²) in [4.78, 5) is 12.5. The topological polar surface area (TPSA) is 54.5 Å². The quantitative estimate of drug-likeness (QED) is 0.671. The summed E-state index contributed by atoms with van der Waals surface area (Å²) in [5, 5.41) is 4.51. The fourth-order valence-corrected chi connectivity index (χ4v) is 4.33. The van der Waals surface area contributed by atoms with Crippen LogP contribution in [0.25, 0.3) is 16.9 Å². The van der Waals surface area contributed by atoms with E-state index in [2.05, 4.69) is 27.0 Å². The first-order chi connectivity index (χ1) is 13.8. The second kappa shape index (κ2) is 6.45. The van der Waals surface area contributed by atoms with Gasteiger partial charge in [-0.25, -0.2) is 9.97 Å². The van der Waals surface area contributed by atoms with Crippen LogP contribution in [-0.2, 0) is 0 Å². The number of likely N-dealkylation sites (N-methyl/N-ethyl adjacent to an activating group) is 1. The zero-order valence-electron chi connectivity index (χ0n) is 16.3. The highest BCUT2D eigenvalue weighted by atomic mass is 19.4. The average molecular weight is 405 g/mol. The number of anilines is 1. The number of fused-ring (bicyclic) bond motifs is 1. The molecule has 5 rings (SSSR count). The summed E-state index contributed by atoms with van der Waals surface area (Å²) in [6.07, 6.45) is 3.87. The molecule has 0 bridgehead atoms. The van der Waals surface area contributed by atoms with Gasteiger partial charge in [0.2, 0.25) is 0 Å². The minimum absolute atomic E-state index is 0.0778. The van der Waals surface area contributed by atoms with Crippen LogP contribution in [-0.4, -0.2) is 67.9 Å². The molecule has 3 aromatic heterocycles. The van der Waals surface area contributed by atoms with Crippen molar-refractivity contribution in [1.29, 1.82) is 0 Å². The van der Waals surface area contributed by atoms with Gasteiger partial charge in [0, 0.05) is 42.9 Å². The van der Waals surface area contributed by atoms with E-state index in [0.29, 0.717) is 23.9 Å². The SMILES string of the molecule is Cc1c(-c2cnn([C@@H]3CCN(C)C3)c2)nc(N2CC[C@@H]2C(F)(F)F)c2nccn12. The molecule has 2 atom stereocenters. The van der Waals surface area contributed by atoms with Crippen LogP contribution in [0, 0.1) is 6.92 Å². The van der Waals surface area contributed by atoms with Crippen LogP contribution < -0.4 is 4.90 Å². The normalized spacial score (nSPS) is 23.1. The third-order valence-corrected chi connectivity index (χ3v) is 6.05. The number of aryl methyl sites for hydroxylation is 1. The minimum atomic E-state index is -4.28. The Labute approximate surface area is 165 Å². The van der Waals surface area contributed by atoms with Crippen LogP contribution in [0.5, 0.6) is 0 Å². The summed E-state index contributed by atoms with van der Waals surface area (Å²) < 4.78 is 43.8. The standard InChI is InChI=1S/C19H22F3N7/c1-12-16(13-9-24-29(10-13)14-3-6-26(2)11-14)25-18(17-23-5-8-27(12)17)28-7-4-15(28)19(20,21)22/h5,8-10,14-15H,3-4,6-7,11H2,1-2H3/t14-,15-/m1/s1. The van der Waals surface area contributed by atoms with Gasteiger partial charge >= 0.3 is 6.18 Å². The van der Waals surface area contributed by atoms with Gasteiger partial charge in [-0.05, 0) is 33.4 Å². The number of rotatable bonds is 3. The lowest BCUT2D eigenvalue weighted by Gasteiger charge is -2.42. The lowest BCUT2D eigenvalue weighted by atomic mass is 10.0. The molecule has 0 radical (unpaired) electrons. The van der Waals surface area contributed by atoms with Gasteiger partial charge in [0.15, 0.2) is 11.5 Å². The number of imidazole rings is 1. The molecule has 0 aromatic carbocycles. The molecule has 0 N–H and O–H groups in total. The Bertz CT molecular complexity index is 1050. The Morgan fingerprint density at radius 1 is 1.17 bits per heavy atom. The van der Waals surface area contributed by atoms with E-state index in [4.69, 9.17) is 0 Å². The van der Waals surface area contributed by atoms with Crippen molar-refractivity contribution >= 4 is 11.5 Å². The summed E-state index contributed by atoms with van der Waals surface area (Å²) in [6.45, 7) is 4.17. The molecular weight excluding hydrogens is 383 g/mol. The summed E-state index contributed by atoms with van der Waals surface area (Å²) in [5.74, 6) is 0.275. The minimum Gasteiger partial charge on any atom is -0.341 e. The molecular formula is C19H22F3N7. The van der Waals surface area contributed by atoms with Crippen molar-refractivity contribution < 1.29 is 13.2 Å². The number of alkyl halides is 3. The van der Waals surface area contributed by atoms with Gasteiger partial charge < -0.3 is 9.80 Å². The monoisotopic (exact) mass is 405 g/mol. The highest BCUT2D eigenvalue weighted by Crippen LogP contribution is 2.39. The van der Waals surface area contributed by atoms with E-state index >= 15 is 0 Å². The molecule has 154 valence electrons. The van der Waals surface area contributed by atoms with E-state index < -0.39 is 12.2 Å². The molecule has 0 unspecified atom stereocenters. The highest BCUT2D eigenvalue weighted by Gasteiger charge is 2.50. The molecule has 2 saturated heterocycles. The first kappa shape index (κ1) is 18.4. The maximum atomic E-state index is 13.4. The lowest BCUT2D eigenvalue weighted by molar-refractivity contribution is -0.159. The Morgan fingerprint density at radius 2 is 2.00 bits per heavy atom. The molecule has 5 heterocycles. The van der Waals surface area contributed by atoms with Gasteiger partial charge in [0.05, 0.1) is 17.9 Å². The van der Waals surface area contributed by atoms with Crippen LogP contribution in [0.3, 0.4) is 0 Å². The van der Waals surface area contributed by atoms with Gasteiger partial charge in [-0.3, -0.25) is 9.08 Å². The third kappa shape index (κ3) is 2.97. The summed E-state index contributed by atoms with van der Waals surface area (Å²) in [7, 11) is 2.08. The summed E-state index contributed by atoms with van der Waals surface area (Å²) in [6, 6.07) is -1.21. The Balaban J connectivity index is 1.57. The van der Waals surface area contributed by atoms with Gasteiger partial charge in [-0.1, -0.05) is 0 Å². The molecule has 0 amide bonds. The fourth-order valence-electron chi connectivity index (χ4n) is 4.33. The highest BCUT2D eigenvalue weighted by molar-refractivity contribution is 5.73. The maximum Gasteiger partial charge on any atom is 0.408 e. The Hall–Kier alpha value is -2.62. The zero-order chi connectivity index (χ0) is 20.3. The molecule has 2 aliphatic heterocycles. The predicted molar refractivity (Wildman–Crippen MR) is 102 cm³/mol. The Kier molecular flexibility index (Phi) is 4.09. The van der Waals surface area contributed by atoms with E-state index in [1.807, 2.05) is 22.2 Å². The predicted octanol–water partition coefficient (Wildman–Crippen LogP) is 2.92. The van der Waals surface area contributed by atoms with Crippen LogP contribution in [0.2, 0.25) is 0 Å². The molecule has 10 heteroatoms. The van der Waals surface area contributed by atoms with Gasteiger partial charge in [-0.2, -0.15) is 18.3 Å². The van der Waals surface area contributed by atoms with E-state index in [1.165, 1.54) is 4.90 Å². The van der Waals surface area contributed by atoms with Crippen molar-refractivity contribution in [3.8, 4) is 11.3 Å². The number of aromatic nitrogens is 5. The first-order valence-electron chi connectivity index (χ1n) is 9.73. The smallest absolute Gasteiger partial charge is 0.341 e. The maximum absolute atomic E-state index is 13.4. The van der Waals surface area contributed by atoms with Gasteiger partial charge in [-0.15, -0.1) is 0 Å². The Morgan fingerprint density at radius 3 is 2.66 bits per heavy atom. The van der Waals surface area contributed by atoms with Crippen molar-refractivity contribution in [1.82, 2.24) is 29.0 Å². The van der Waals surface area contributed by atoms with Crippen molar-refractivity contribution in [2.45, 2.75) is 38.0 Å². The summed E-state index contributed by atoms with van der Waals surface area (Å²) >= 11 is 0. The van der Waals surface area contributed by atoms with Crippen molar-refractivity contribution in [3.63, 3.8) is 0 Å². The van der Waals surface area contributed by atoms with Crippen LogP contribution in [0.15, 0.2) is 24.8 Å². The molecule has 0 saturated carbocycles. The second-order valence-electron chi connectivity index (χ2n) is 7.94. The summed E-state index contributed by atoms with van der Waals surface area (Å²) in [5.41, 5.74) is 2.72. The first-order valence-corrected chi connectivity index (χ1v) is 9.73.